The highest BCUT2D eigenvalue weighted by Crippen LogP contribution is 2.28. The summed E-state index contributed by atoms with van der Waals surface area (Å²) in [7, 11) is 0. The lowest BCUT2D eigenvalue weighted by atomic mass is 10.1. The first-order valence-electron chi connectivity index (χ1n) is 4.66. The number of hydrogen-bond acceptors (Lipinski definition) is 1. The molecule has 3 heteroatoms. The van der Waals surface area contributed by atoms with Gasteiger partial charge in [0.2, 0.25) is 0 Å². The molecule has 78 valence electrons. The van der Waals surface area contributed by atoms with Gasteiger partial charge >= 0.3 is 0 Å². The van der Waals surface area contributed by atoms with Crippen molar-refractivity contribution < 1.29 is 0 Å². The highest BCUT2D eigenvalue weighted by Gasteiger charge is 2.08. The summed E-state index contributed by atoms with van der Waals surface area (Å²) in [5, 5.41) is 5.07. The van der Waals surface area contributed by atoms with Crippen LogP contribution < -0.4 is 0 Å². The van der Waals surface area contributed by atoms with Crippen LogP contribution in [0.5, 0.6) is 0 Å². The number of rotatable bonds is 3. The standard InChI is InChI=1S/C12H10BrClS/c13-12(10-5-6-15-8-10)7-9-1-3-11(14)4-2-9/h1-6,8,12H,7H2. The van der Waals surface area contributed by atoms with Gasteiger partial charge in [-0.3, -0.25) is 0 Å². The van der Waals surface area contributed by atoms with Gasteiger partial charge in [0.05, 0.1) is 0 Å². The first kappa shape index (κ1) is 11.2. The maximum atomic E-state index is 5.84. The van der Waals surface area contributed by atoms with Crippen molar-refractivity contribution in [3.8, 4) is 0 Å². The van der Waals surface area contributed by atoms with E-state index in [0.717, 1.165) is 11.4 Å². The van der Waals surface area contributed by atoms with Crippen LogP contribution in [-0.4, -0.2) is 0 Å². The van der Waals surface area contributed by atoms with Gasteiger partial charge in [0.1, 0.15) is 0 Å². The zero-order chi connectivity index (χ0) is 10.7. The van der Waals surface area contributed by atoms with Crippen molar-refractivity contribution in [2.75, 3.05) is 0 Å². The fourth-order valence-electron chi connectivity index (χ4n) is 1.40. The van der Waals surface area contributed by atoms with Gasteiger partial charge in [0.25, 0.3) is 0 Å². The number of hydrogen-bond donors (Lipinski definition) is 0. The Balaban J connectivity index is 2.06. The first-order valence-corrected chi connectivity index (χ1v) is 6.90. The lowest BCUT2D eigenvalue weighted by Crippen LogP contribution is -1.93. The number of halogens is 2. The molecule has 0 aliphatic rings. The molecule has 2 rings (SSSR count). The molecule has 0 spiro atoms. The normalized spacial score (nSPS) is 12.7. The molecule has 0 radical (unpaired) electrons. The minimum atomic E-state index is 0.393. The van der Waals surface area contributed by atoms with E-state index in [0.29, 0.717) is 4.83 Å². The third-order valence-corrected chi connectivity index (χ3v) is 4.04. The molecular weight excluding hydrogens is 292 g/mol. The van der Waals surface area contributed by atoms with E-state index in [4.69, 9.17) is 11.6 Å². The average molecular weight is 302 g/mol. The van der Waals surface area contributed by atoms with Gasteiger partial charge in [0, 0.05) is 9.85 Å². The van der Waals surface area contributed by atoms with Crippen molar-refractivity contribution in [2.45, 2.75) is 11.2 Å². The molecule has 2 aromatic rings. The van der Waals surface area contributed by atoms with E-state index in [1.807, 2.05) is 12.1 Å². The van der Waals surface area contributed by atoms with E-state index in [1.54, 1.807) is 11.3 Å². The van der Waals surface area contributed by atoms with E-state index < -0.39 is 0 Å². The molecule has 0 N–H and O–H groups in total. The summed E-state index contributed by atoms with van der Waals surface area (Å²) >= 11 is 11.3. The highest BCUT2D eigenvalue weighted by atomic mass is 79.9. The Labute approximate surface area is 107 Å². The first-order chi connectivity index (χ1) is 7.25. The predicted molar refractivity (Wildman–Crippen MR) is 71.1 cm³/mol. The molecule has 0 saturated heterocycles. The van der Waals surface area contributed by atoms with Gasteiger partial charge in [0.15, 0.2) is 0 Å². The molecule has 0 amide bonds. The van der Waals surface area contributed by atoms with E-state index >= 15 is 0 Å². The summed E-state index contributed by atoms with van der Waals surface area (Å²) in [5.41, 5.74) is 2.64. The third-order valence-electron chi connectivity index (χ3n) is 2.23. The SMILES string of the molecule is Clc1ccc(CC(Br)c2ccsc2)cc1. The second-order valence-electron chi connectivity index (χ2n) is 3.35. The molecule has 0 nitrogen and oxygen atoms in total. The van der Waals surface area contributed by atoms with Crippen LogP contribution in [0.1, 0.15) is 16.0 Å². The van der Waals surface area contributed by atoms with Crippen LogP contribution in [0.3, 0.4) is 0 Å². The Morgan fingerprint density at radius 3 is 2.53 bits per heavy atom. The fraction of sp³-hybridized carbons (Fsp3) is 0.167. The molecule has 1 aromatic heterocycles. The lowest BCUT2D eigenvalue weighted by Gasteiger charge is -2.07. The monoisotopic (exact) mass is 300 g/mol. The summed E-state index contributed by atoms with van der Waals surface area (Å²) < 4.78 is 0. The Morgan fingerprint density at radius 2 is 1.93 bits per heavy atom. The summed E-state index contributed by atoms with van der Waals surface area (Å²) in [6, 6.07) is 10.2. The molecular formula is C12H10BrClS. The zero-order valence-electron chi connectivity index (χ0n) is 7.99. The van der Waals surface area contributed by atoms with Crippen LogP contribution in [0.4, 0.5) is 0 Å². The predicted octanol–water partition coefficient (Wildman–Crippen LogP) is 5.08. The van der Waals surface area contributed by atoms with Gasteiger partial charge in [-0.2, -0.15) is 11.3 Å². The molecule has 15 heavy (non-hydrogen) atoms. The van der Waals surface area contributed by atoms with E-state index in [-0.39, 0.29) is 0 Å². The van der Waals surface area contributed by atoms with Crippen molar-refractivity contribution in [1.29, 1.82) is 0 Å². The topological polar surface area (TPSA) is 0 Å². The minimum absolute atomic E-state index is 0.393. The van der Waals surface area contributed by atoms with E-state index in [1.165, 1.54) is 11.1 Å². The lowest BCUT2D eigenvalue weighted by molar-refractivity contribution is 0.955. The van der Waals surface area contributed by atoms with Gasteiger partial charge in [-0.1, -0.05) is 39.7 Å². The smallest absolute Gasteiger partial charge is 0.0443 e. The van der Waals surface area contributed by atoms with E-state index in [9.17, 15) is 0 Å². The quantitative estimate of drug-likeness (QED) is 0.694. The number of thiophene rings is 1. The molecule has 1 aromatic carbocycles. The highest BCUT2D eigenvalue weighted by molar-refractivity contribution is 9.09. The summed E-state index contributed by atoms with van der Waals surface area (Å²) in [5.74, 6) is 0. The molecule has 0 bridgehead atoms. The van der Waals surface area contributed by atoms with Crippen molar-refractivity contribution in [2.24, 2.45) is 0 Å². The number of benzene rings is 1. The van der Waals surface area contributed by atoms with Crippen LogP contribution in [0, 0.1) is 0 Å². The molecule has 1 unspecified atom stereocenters. The number of alkyl halides is 1. The fourth-order valence-corrected chi connectivity index (χ4v) is 3.07. The van der Waals surface area contributed by atoms with Crippen molar-refractivity contribution in [3.63, 3.8) is 0 Å². The summed E-state index contributed by atoms with van der Waals surface area (Å²) in [6.07, 6.45) is 0.994. The zero-order valence-corrected chi connectivity index (χ0v) is 11.1. The molecule has 0 aliphatic heterocycles. The average Bonchev–Trinajstić information content (AvgIpc) is 2.74. The van der Waals surface area contributed by atoms with Crippen LogP contribution in [-0.2, 0) is 6.42 Å². The van der Waals surface area contributed by atoms with E-state index in [2.05, 4.69) is 44.9 Å². The Kier molecular flexibility index (Phi) is 3.84. The van der Waals surface area contributed by atoms with Crippen LogP contribution in [0.15, 0.2) is 41.1 Å². The van der Waals surface area contributed by atoms with Crippen LogP contribution in [0.25, 0.3) is 0 Å². The Hall–Kier alpha value is -0.310. The molecule has 0 fully saturated rings. The van der Waals surface area contributed by atoms with Gasteiger partial charge in [-0.25, -0.2) is 0 Å². The van der Waals surface area contributed by atoms with Crippen LogP contribution >= 0.6 is 38.9 Å². The second kappa shape index (κ2) is 5.15. The van der Waals surface area contributed by atoms with Crippen molar-refractivity contribution in [3.05, 3.63) is 57.2 Å². The molecule has 0 aliphatic carbocycles. The maximum Gasteiger partial charge on any atom is 0.0443 e. The minimum Gasteiger partial charge on any atom is -0.152 e. The van der Waals surface area contributed by atoms with Gasteiger partial charge < -0.3 is 0 Å². The molecule has 0 saturated carbocycles. The van der Waals surface area contributed by atoms with Gasteiger partial charge in [-0.15, -0.1) is 0 Å². The Morgan fingerprint density at radius 1 is 1.20 bits per heavy atom. The summed E-state index contributed by atoms with van der Waals surface area (Å²) in [4.78, 5) is 0.393. The summed E-state index contributed by atoms with van der Waals surface area (Å²) in [6.45, 7) is 0. The van der Waals surface area contributed by atoms with Gasteiger partial charge in [-0.05, 0) is 46.5 Å². The third kappa shape index (κ3) is 3.07. The molecule has 1 atom stereocenters. The largest absolute Gasteiger partial charge is 0.152 e. The van der Waals surface area contributed by atoms with Crippen molar-refractivity contribution >= 4 is 38.9 Å². The van der Waals surface area contributed by atoms with Crippen LogP contribution in [0.2, 0.25) is 5.02 Å². The van der Waals surface area contributed by atoms with Crippen molar-refractivity contribution in [1.82, 2.24) is 0 Å². The molecule has 1 heterocycles. The second-order valence-corrected chi connectivity index (χ2v) is 5.68. The Bertz CT molecular complexity index is 408. The maximum absolute atomic E-state index is 5.84.